The minimum atomic E-state index is -0.792. The summed E-state index contributed by atoms with van der Waals surface area (Å²) in [5.41, 5.74) is 3.13. The highest BCUT2D eigenvalue weighted by Crippen LogP contribution is 2.35. The topological polar surface area (TPSA) is 49.9 Å². The Morgan fingerprint density at radius 1 is 0.867 bits per heavy atom. The predicted molar refractivity (Wildman–Crippen MR) is 118 cm³/mol. The van der Waals surface area contributed by atoms with E-state index in [4.69, 9.17) is 16.3 Å². The summed E-state index contributed by atoms with van der Waals surface area (Å²) in [6.07, 6.45) is 0. The molecule has 30 heavy (non-hydrogen) atoms. The lowest BCUT2D eigenvalue weighted by Crippen LogP contribution is -2.56. The van der Waals surface area contributed by atoms with Crippen molar-refractivity contribution in [1.29, 1.82) is 0 Å². The summed E-state index contributed by atoms with van der Waals surface area (Å²) >= 11 is 6.03. The zero-order valence-corrected chi connectivity index (χ0v) is 17.5. The van der Waals surface area contributed by atoms with Crippen LogP contribution in [0.25, 0.3) is 0 Å². The van der Waals surface area contributed by atoms with Gasteiger partial charge in [-0.25, -0.2) is 0 Å². The highest BCUT2D eigenvalue weighted by molar-refractivity contribution is 6.30. The first-order valence-electron chi connectivity index (χ1n) is 9.57. The fraction of sp³-hybridized carbons (Fsp3) is 0.167. The van der Waals surface area contributed by atoms with Gasteiger partial charge in [-0.1, -0.05) is 41.4 Å². The van der Waals surface area contributed by atoms with Crippen LogP contribution in [0, 0.1) is 6.92 Å². The van der Waals surface area contributed by atoms with Gasteiger partial charge in [0.2, 0.25) is 5.91 Å². The molecular weight excluding hydrogens is 400 g/mol. The Morgan fingerprint density at radius 3 is 2.07 bits per heavy atom. The number of benzene rings is 3. The number of nitrogens with zero attached hydrogens (tertiary/aromatic N) is 2. The van der Waals surface area contributed by atoms with E-state index in [0.717, 1.165) is 5.56 Å². The smallest absolute Gasteiger partial charge is 0.255 e. The van der Waals surface area contributed by atoms with E-state index in [-0.39, 0.29) is 18.4 Å². The summed E-state index contributed by atoms with van der Waals surface area (Å²) < 4.78 is 5.24. The monoisotopic (exact) mass is 420 g/mol. The number of rotatable bonds is 4. The first-order chi connectivity index (χ1) is 14.5. The van der Waals surface area contributed by atoms with Crippen molar-refractivity contribution in [2.24, 2.45) is 0 Å². The van der Waals surface area contributed by atoms with Crippen molar-refractivity contribution in [1.82, 2.24) is 0 Å². The van der Waals surface area contributed by atoms with E-state index < -0.39 is 6.04 Å². The molecule has 1 unspecified atom stereocenters. The van der Waals surface area contributed by atoms with Crippen LogP contribution in [-0.2, 0) is 9.59 Å². The van der Waals surface area contributed by atoms with Gasteiger partial charge in [0.05, 0.1) is 7.11 Å². The molecule has 1 heterocycles. The molecule has 3 aromatic rings. The van der Waals surface area contributed by atoms with Crippen LogP contribution >= 0.6 is 11.6 Å². The average molecular weight is 421 g/mol. The Morgan fingerprint density at radius 2 is 1.47 bits per heavy atom. The molecule has 1 aliphatic rings. The highest BCUT2D eigenvalue weighted by Gasteiger charge is 2.41. The van der Waals surface area contributed by atoms with Crippen LogP contribution in [0.5, 0.6) is 5.75 Å². The van der Waals surface area contributed by atoms with Gasteiger partial charge in [0.15, 0.2) is 0 Å². The van der Waals surface area contributed by atoms with E-state index in [0.29, 0.717) is 27.7 Å². The molecule has 5 nitrogen and oxygen atoms in total. The second-order valence-electron chi connectivity index (χ2n) is 7.18. The van der Waals surface area contributed by atoms with Gasteiger partial charge in [0.25, 0.3) is 5.91 Å². The van der Waals surface area contributed by atoms with E-state index in [1.54, 1.807) is 53.3 Å². The number of hydrogen-bond donors (Lipinski definition) is 0. The first kappa shape index (κ1) is 20.0. The van der Waals surface area contributed by atoms with Crippen LogP contribution in [0.1, 0.15) is 17.2 Å². The number of piperazine rings is 1. The molecule has 0 radical (unpaired) electrons. The number of methoxy groups -OCH3 is 1. The Balaban J connectivity index is 1.79. The molecule has 0 aromatic heterocycles. The number of halogens is 1. The van der Waals surface area contributed by atoms with Gasteiger partial charge in [-0.05, 0) is 61.0 Å². The number of carbonyl (C=O) groups is 2. The zero-order chi connectivity index (χ0) is 21.3. The summed E-state index contributed by atoms with van der Waals surface area (Å²) in [7, 11) is 1.59. The van der Waals surface area contributed by atoms with Crippen LogP contribution in [0.2, 0.25) is 5.02 Å². The van der Waals surface area contributed by atoms with Crippen molar-refractivity contribution in [3.63, 3.8) is 0 Å². The molecule has 152 valence electrons. The van der Waals surface area contributed by atoms with Crippen molar-refractivity contribution in [3.05, 3.63) is 88.9 Å². The van der Waals surface area contributed by atoms with Crippen LogP contribution in [0.4, 0.5) is 11.4 Å². The average Bonchev–Trinajstić information content (AvgIpc) is 2.76. The predicted octanol–water partition coefficient (Wildman–Crippen LogP) is 4.78. The third-order valence-electron chi connectivity index (χ3n) is 5.20. The third-order valence-corrected chi connectivity index (χ3v) is 5.45. The molecule has 0 N–H and O–H groups in total. The maximum atomic E-state index is 13.6. The maximum absolute atomic E-state index is 13.6. The second-order valence-corrected chi connectivity index (χ2v) is 7.61. The minimum Gasteiger partial charge on any atom is -0.497 e. The molecule has 6 heteroatoms. The van der Waals surface area contributed by atoms with Crippen molar-refractivity contribution in [2.75, 3.05) is 23.5 Å². The summed E-state index contributed by atoms with van der Waals surface area (Å²) in [5.74, 6) is 0.346. The highest BCUT2D eigenvalue weighted by atomic mass is 35.5. The minimum absolute atomic E-state index is 0.0306. The van der Waals surface area contributed by atoms with Crippen molar-refractivity contribution >= 4 is 34.8 Å². The Bertz CT molecular complexity index is 1060. The van der Waals surface area contributed by atoms with Crippen LogP contribution < -0.4 is 14.5 Å². The molecular formula is C24H21ClN2O3. The van der Waals surface area contributed by atoms with E-state index in [2.05, 4.69) is 0 Å². The number of carbonyl (C=O) groups excluding carboxylic acids is 2. The quantitative estimate of drug-likeness (QED) is 0.610. The molecule has 0 aliphatic carbocycles. The Labute approximate surface area is 180 Å². The Hall–Kier alpha value is -3.31. The third kappa shape index (κ3) is 3.76. The van der Waals surface area contributed by atoms with Gasteiger partial charge in [-0.3, -0.25) is 14.5 Å². The Kier molecular flexibility index (Phi) is 5.46. The van der Waals surface area contributed by atoms with Crippen LogP contribution in [0.15, 0.2) is 72.8 Å². The number of ether oxygens (including phenoxy) is 1. The lowest BCUT2D eigenvalue weighted by Gasteiger charge is -2.40. The lowest BCUT2D eigenvalue weighted by molar-refractivity contribution is -0.128. The summed E-state index contributed by atoms with van der Waals surface area (Å²) in [5, 5.41) is 0.566. The maximum Gasteiger partial charge on any atom is 0.255 e. The van der Waals surface area contributed by atoms with E-state index in [9.17, 15) is 9.59 Å². The molecule has 1 saturated heterocycles. The van der Waals surface area contributed by atoms with Gasteiger partial charge >= 0.3 is 0 Å². The van der Waals surface area contributed by atoms with Crippen molar-refractivity contribution in [2.45, 2.75) is 13.0 Å². The summed E-state index contributed by atoms with van der Waals surface area (Å²) in [6.45, 7) is 1.95. The fourth-order valence-electron chi connectivity index (χ4n) is 3.61. The van der Waals surface area contributed by atoms with E-state index >= 15 is 0 Å². The largest absolute Gasteiger partial charge is 0.497 e. The molecule has 1 fully saturated rings. The number of aryl methyl sites for hydroxylation is 1. The molecule has 0 saturated carbocycles. The SMILES string of the molecule is COc1ccc(C2C(=O)N(c3ccc(C)cc3)CC(=O)N2c2ccc(Cl)cc2)cc1. The summed E-state index contributed by atoms with van der Waals surface area (Å²) in [6, 6.07) is 21.0. The molecule has 1 atom stereocenters. The normalized spacial score (nSPS) is 16.7. The van der Waals surface area contributed by atoms with Gasteiger partial charge in [-0.15, -0.1) is 0 Å². The van der Waals surface area contributed by atoms with Gasteiger partial charge in [-0.2, -0.15) is 0 Å². The first-order valence-corrected chi connectivity index (χ1v) is 9.95. The fourth-order valence-corrected chi connectivity index (χ4v) is 3.73. The second kappa shape index (κ2) is 8.20. The molecule has 3 aromatic carbocycles. The number of amides is 2. The van der Waals surface area contributed by atoms with E-state index in [1.165, 1.54) is 0 Å². The summed E-state index contributed by atoms with van der Waals surface area (Å²) in [4.78, 5) is 30.0. The molecule has 4 rings (SSSR count). The van der Waals surface area contributed by atoms with Gasteiger partial charge in [0.1, 0.15) is 18.3 Å². The molecule has 1 aliphatic heterocycles. The number of hydrogen-bond acceptors (Lipinski definition) is 3. The van der Waals surface area contributed by atoms with Crippen LogP contribution in [-0.4, -0.2) is 25.5 Å². The van der Waals surface area contributed by atoms with Crippen LogP contribution in [0.3, 0.4) is 0 Å². The zero-order valence-electron chi connectivity index (χ0n) is 16.7. The van der Waals surface area contributed by atoms with E-state index in [1.807, 2.05) is 43.3 Å². The van der Waals surface area contributed by atoms with Gasteiger partial charge < -0.3 is 9.64 Å². The van der Waals surface area contributed by atoms with Crippen molar-refractivity contribution in [3.8, 4) is 5.75 Å². The standard InChI is InChI=1S/C24H21ClN2O3/c1-16-3-9-19(10-4-16)26-15-22(28)27(20-11-7-18(25)8-12-20)23(24(26)29)17-5-13-21(30-2)14-6-17/h3-14,23H,15H2,1-2H3. The van der Waals surface area contributed by atoms with Crippen molar-refractivity contribution < 1.29 is 14.3 Å². The molecule has 0 bridgehead atoms. The molecule has 2 amide bonds. The molecule has 0 spiro atoms. The number of anilines is 2. The lowest BCUT2D eigenvalue weighted by atomic mass is 9.99. The van der Waals surface area contributed by atoms with Gasteiger partial charge in [0, 0.05) is 16.4 Å².